The van der Waals surface area contributed by atoms with Gasteiger partial charge in [0.05, 0.1) is 13.5 Å². The fourth-order valence-electron chi connectivity index (χ4n) is 5.01. The zero-order valence-corrected chi connectivity index (χ0v) is 20.1. The topological polar surface area (TPSA) is 67.3 Å². The zero-order chi connectivity index (χ0) is 23.2. The molecule has 0 unspecified atom stereocenters. The summed E-state index contributed by atoms with van der Waals surface area (Å²) in [6.07, 6.45) is 9.80. The van der Waals surface area contributed by atoms with Gasteiger partial charge in [-0.1, -0.05) is 24.3 Å². The van der Waals surface area contributed by atoms with Crippen LogP contribution >= 0.6 is 0 Å². The first-order chi connectivity index (χ1) is 16.0. The predicted molar refractivity (Wildman–Crippen MR) is 130 cm³/mol. The smallest absolute Gasteiger partial charge is 0.224 e. The molecule has 1 aliphatic heterocycles. The number of rotatable bonds is 8. The molecule has 1 saturated heterocycles. The number of carbonyl (C=O) groups excluding carboxylic acids is 1. The van der Waals surface area contributed by atoms with E-state index in [0.717, 1.165) is 59.5 Å². The first-order valence-electron chi connectivity index (χ1n) is 12.1. The number of hydrogen-bond donors (Lipinski definition) is 1. The van der Waals surface area contributed by atoms with Gasteiger partial charge in [-0.25, -0.2) is 9.97 Å². The van der Waals surface area contributed by atoms with Crippen molar-refractivity contribution in [3.63, 3.8) is 0 Å². The zero-order valence-electron chi connectivity index (χ0n) is 20.1. The molecule has 1 amide bonds. The van der Waals surface area contributed by atoms with Gasteiger partial charge in [-0.15, -0.1) is 0 Å². The van der Waals surface area contributed by atoms with Crippen LogP contribution in [0.3, 0.4) is 0 Å². The molecule has 1 aromatic carbocycles. The lowest BCUT2D eigenvalue weighted by atomic mass is 9.94. The molecule has 4 rings (SSSR count). The average molecular weight is 449 g/mol. The van der Waals surface area contributed by atoms with Gasteiger partial charge < -0.3 is 15.0 Å². The van der Waals surface area contributed by atoms with E-state index < -0.39 is 0 Å². The summed E-state index contributed by atoms with van der Waals surface area (Å²) in [5.74, 6) is 2.89. The fraction of sp³-hybridized carbons (Fsp3) is 0.519. The molecule has 6 nitrogen and oxygen atoms in total. The normalized spacial score (nSPS) is 20.7. The van der Waals surface area contributed by atoms with Crippen LogP contribution in [0.2, 0.25) is 0 Å². The van der Waals surface area contributed by atoms with E-state index in [0.29, 0.717) is 18.9 Å². The van der Waals surface area contributed by atoms with Crippen molar-refractivity contribution < 1.29 is 9.53 Å². The molecule has 33 heavy (non-hydrogen) atoms. The Balaban J connectivity index is 1.33. The van der Waals surface area contributed by atoms with Crippen molar-refractivity contribution in [3.05, 3.63) is 64.8 Å². The van der Waals surface area contributed by atoms with E-state index in [1.54, 1.807) is 7.11 Å². The summed E-state index contributed by atoms with van der Waals surface area (Å²) >= 11 is 0. The second kappa shape index (κ2) is 10.9. The van der Waals surface area contributed by atoms with Crippen LogP contribution in [0.4, 0.5) is 0 Å². The van der Waals surface area contributed by atoms with Gasteiger partial charge in [-0.2, -0.15) is 0 Å². The number of likely N-dealkylation sites (tertiary alicyclic amines) is 1. The van der Waals surface area contributed by atoms with Crippen molar-refractivity contribution in [3.8, 4) is 5.75 Å². The summed E-state index contributed by atoms with van der Waals surface area (Å²) < 4.78 is 5.25. The number of aryl methyl sites for hydroxylation is 2. The van der Waals surface area contributed by atoms with E-state index in [4.69, 9.17) is 14.7 Å². The van der Waals surface area contributed by atoms with Crippen LogP contribution in [0.15, 0.2) is 36.4 Å². The van der Waals surface area contributed by atoms with Gasteiger partial charge >= 0.3 is 0 Å². The van der Waals surface area contributed by atoms with Gasteiger partial charge in [-0.05, 0) is 69.7 Å². The summed E-state index contributed by atoms with van der Waals surface area (Å²) in [5.41, 5.74) is 3.79. The summed E-state index contributed by atoms with van der Waals surface area (Å²) in [5, 5.41) is 3.01. The Bertz CT molecular complexity index is 980. The van der Waals surface area contributed by atoms with Gasteiger partial charge in [-0.3, -0.25) is 4.79 Å². The standard InChI is InChI=1S/C27H36N4O2/c1-19-25(15-26(32)28-16-22-10-7-11-24(14-22)33-3)20(2)30-27(29-19)23-12-13-31(18-23)17-21-8-5-4-6-9-21/h4-5,7,10-11,14,21,23H,6,8-9,12-13,15-18H2,1-3H3,(H,28,32)/t21-,23-/m1/s1. The van der Waals surface area contributed by atoms with Crippen LogP contribution in [0.25, 0.3) is 0 Å². The van der Waals surface area contributed by atoms with Crippen LogP contribution in [0.1, 0.15) is 59.9 Å². The molecular formula is C27H36N4O2. The third-order valence-electron chi connectivity index (χ3n) is 6.93. The third kappa shape index (κ3) is 6.20. The molecule has 0 radical (unpaired) electrons. The number of methoxy groups -OCH3 is 1. The SMILES string of the molecule is COc1cccc(CNC(=O)Cc2c(C)nc([C@@H]3CCN(C[C@@H]4CC=CCC4)C3)nc2C)c1. The molecule has 2 atom stereocenters. The highest BCUT2D eigenvalue weighted by Crippen LogP contribution is 2.28. The number of benzene rings is 1. The minimum absolute atomic E-state index is 0.0195. The van der Waals surface area contributed by atoms with E-state index in [1.165, 1.54) is 25.8 Å². The molecule has 2 aliphatic rings. The number of nitrogens with one attached hydrogen (secondary N) is 1. The van der Waals surface area contributed by atoms with Gasteiger partial charge in [0.25, 0.3) is 0 Å². The molecule has 6 heteroatoms. The summed E-state index contributed by atoms with van der Waals surface area (Å²) in [6.45, 7) is 7.83. The quantitative estimate of drug-likeness (QED) is 0.616. The highest BCUT2D eigenvalue weighted by molar-refractivity contribution is 5.79. The molecule has 0 bridgehead atoms. The van der Waals surface area contributed by atoms with E-state index in [1.807, 2.05) is 38.1 Å². The molecule has 176 valence electrons. The number of carbonyl (C=O) groups is 1. The predicted octanol–water partition coefficient (Wildman–Crippen LogP) is 4.11. The maximum absolute atomic E-state index is 12.6. The van der Waals surface area contributed by atoms with E-state index in [9.17, 15) is 4.79 Å². The minimum atomic E-state index is -0.0195. The third-order valence-corrected chi connectivity index (χ3v) is 6.93. The second-order valence-corrected chi connectivity index (χ2v) is 9.43. The van der Waals surface area contributed by atoms with Crippen LogP contribution in [-0.4, -0.2) is 47.5 Å². The highest BCUT2D eigenvalue weighted by Gasteiger charge is 2.28. The highest BCUT2D eigenvalue weighted by atomic mass is 16.5. The number of ether oxygens (including phenoxy) is 1. The summed E-state index contributed by atoms with van der Waals surface area (Å²) in [4.78, 5) is 24.9. The molecule has 0 saturated carbocycles. The Morgan fingerprint density at radius 3 is 2.73 bits per heavy atom. The summed E-state index contributed by atoms with van der Waals surface area (Å²) in [6, 6.07) is 7.74. The van der Waals surface area contributed by atoms with Gasteiger partial charge in [0.15, 0.2) is 0 Å². The van der Waals surface area contributed by atoms with Crippen LogP contribution in [-0.2, 0) is 17.8 Å². The molecule has 1 N–H and O–H groups in total. The van der Waals surface area contributed by atoms with Crippen LogP contribution in [0.5, 0.6) is 5.75 Å². The molecular weight excluding hydrogens is 412 g/mol. The van der Waals surface area contributed by atoms with Crippen LogP contribution < -0.4 is 10.1 Å². The molecule has 1 aromatic heterocycles. The molecule has 1 aliphatic carbocycles. The van der Waals surface area contributed by atoms with Crippen molar-refractivity contribution in [2.75, 3.05) is 26.7 Å². The molecule has 0 spiro atoms. The van der Waals surface area contributed by atoms with Gasteiger partial charge in [0, 0.05) is 42.5 Å². The summed E-state index contributed by atoms with van der Waals surface area (Å²) in [7, 11) is 1.64. The Morgan fingerprint density at radius 1 is 1.18 bits per heavy atom. The average Bonchev–Trinajstić information content (AvgIpc) is 3.29. The number of aromatic nitrogens is 2. The van der Waals surface area contributed by atoms with Crippen molar-refractivity contribution in [1.29, 1.82) is 0 Å². The number of allylic oxidation sites excluding steroid dienone is 2. The van der Waals surface area contributed by atoms with Crippen LogP contribution in [0, 0.1) is 19.8 Å². The Kier molecular flexibility index (Phi) is 7.76. The maximum atomic E-state index is 12.6. The molecule has 1 fully saturated rings. The largest absolute Gasteiger partial charge is 0.497 e. The monoisotopic (exact) mass is 448 g/mol. The van der Waals surface area contributed by atoms with Gasteiger partial charge in [0.1, 0.15) is 11.6 Å². The Labute approximate surface area is 197 Å². The maximum Gasteiger partial charge on any atom is 0.224 e. The minimum Gasteiger partial charge on any atom is -0.497 e. The Hall–Kier alpha value is -2.73. The van der Waals surface area contributed by atoms with E-state index >= 15 is 0 Å². The van der Waals surface area contributed by atoms with Gasteiger partial charge in [0.2, 0.25) is 5.91 Å². The van der Waals surface area contributed by atoms with Crippen molar-refractivity contribution >= 4 is 5.91 Å². The van der Waals surface area contributed by atoms with E-state index in [2.05, 4.69) is 22.4 Å². The van der Waals surface area contributed by atoms with E-state index in [-0.39, 0.29) is 5.91 Å². The lowest BCUT2D eigenvalue weighted by molar-refractivity contribution is -0.120. The van der Waals surface area contributed by atoms with Crippen molar-refractivity contribution in [2.24, 2.45) is 5.92 Å². The number of hydrogen-bond acceptors (Lipinski definition) is 5. The first kappa shape index (κ1) is 23.4. The second-order valence-electron chi connectivity index (χ2n) is 9.43. The number of nitrogens with zero attached hydrogens (tertiary/aromatic N) is 3. The number of amides is 1. The van der Waals surface area contributed by atoms with Crippen molar-refractivity contribution in [2.45, 2.75) is 58.4 Å². The first-order valence-corrected chi connectivity index (χ1v) is 12.1. The molecule has 2 aromatic rings. The molecule has 2 heterocycles. The van der Waals surface area contributed by atoms with Crippen molar-refractivity contribution in [1.82, 2.24) is 20.2 Å². The Morgan fingerprint density at radius 2 is 2.00 bits per heavy atom. The lowest BCUT2D eigenvalue weighted by Crippen LogP contribution is -2.28. The lowest BCUT2D eigenvalue weighted by Gasteiger charge is -2.24. The fourth-order valence-corrected chi connectivity index (χ4v) is 5.01.